The van der Waals surface area contributed by atoms with Crippen LogP contribution in [0.5, 0.6) is 11.6 Å². The number of pyridine rings is 1. The minimum atomic E-state index is -0.282. The van der Waals surface area contributed by atoms with Crippen molar-refractivity contribution >= 4 is 17.7 Å². The number of aromatic nitrogens is 1. The monoisotopic (exact) mass is 404 g/mol. The molecule has 1 aromatic heterocycles. The summed E-state index contributed by atoms with van der Waals surface area (Å²) in [6.45, 7) is 1.27. The first-order valence-electron chi connectivity index (χ1n) is 9.57. The Morgan fingerprint density at radius 2 is 1.87 bits per heavy atom. The first-order chi connectivity index (χ1) is 14.7. The highest BCUT2D eigenvalue weighted by Gasteiger charge is 2.07. The normalized spacial score (nSPS) is 10.7. The summed E-state index contributed by atoms with van der Waals surface area (Å²) in [5.41, 5.74) is 2.46. The molecule has 6 nitrogen and oxygen atoms in total. The molecule has 154 valence electrons. The molecule has 0 aliphatic heterocycles. The summed E-state index contributed by atoms with van der Waals surface area (Å²) < 4.78 is 16.3. The maximum atomic E-state index is 12.3. The van der Waals surface area contributed by atoms with E-state index >= 15 is 0 Å². The molecule has 30 heavy (non-hydrogen) atoms. The van der Waals surface area contributed by atoms with Crippen molar-refractivity contribution in [3.05, 3.63) is 90.1 Å². The number of anilines is 1. The minimum absolute atomic E-state index is 0.282. The third-order valence-corrected chi connectivity index (χ3v) is 4.09. The number of rotatable bonds is 10. The predicted octanol–water partition coefficient (Wildman–Crippen LogP) is 4.34. The molecule has 0 aliphatic rings. The van der Waals surface area contributed by atoms with E-state index in [0.717, 1.165) is 16.9 Å². The smallest absolute Gasteiger partial charge is 0.248 e. The molecular weight excluding hydrogens is 380 g/mol. The summed E-state index contributed by atoms with van der Waals surface area (Å²) in [7, 11) is 1.59. The molecule has 1 amide bonds. The first kappa shape index (κ1) is 21.1. The van der Waals surface area contributed by atoms with E-state index in [4.69, 9.17) is 14.2 Å². The molecule has 3 rings (SSSR count). The number of nitrogens with zero attached hydrogens (tertiary/aromatic N) is 1. The van der Waals surface area contributed by atoms with Crippen LogP contribution in [-0.2, 0) is 16.1 Å². The largest absolute Gasteiger partial charge is 0.489 e. The van der Waals surface area contributed by atoms with Crippen molar-refractivity contribution in [2.75, 3.05) is 25.6 Å². The molecule has 1 heterocycles. The Morgan fingerprint density at radius 3 is 2.70 bits per heavy atom. The zero-order chi connectivity index (χ0) is 21.0. The van der Waals surface area contributed by atoms with E-state index in [1.54, 1.807) is 31.5 Å². The summed E-state index contributed by atoms with van der Waals surface area (Å²) in [4.78, 5) is 16.5. The van der Waals surface area contributed by atoms with E-state index in [1.807, 2.05) is 54.6 Å². The fourth-order valence-corrected chi connectivity index (χ4v) is 2.62. The summed E-state index contributed by atoms with van der Waals surface area (Å²) in [5.74, 6) is 0.810. The van der Waals surface area contributed by atoms with Crippen LogP contribution in [0.3, 0.4) is 0 Å². The van der Waals surface area contributed by atoms with Gasteiger partial charge in [-0.25, -0.2) is 4.98 Å². The van der Waals surface area contributed by atoms with Crippen LogP contribution in [0.2, 0.25) is 0 Å². The molecule has 0 aliphatic carbocycles. The van der Waals surface area contributed by atoms with Gasteiger partial charge in [0.05, 0.1) is 6.61 Å². The second-order valence-electron chi connectivity index (χ2n) is 6.37. The standard InChI is InChI=1S/C24H24N2O4/c1-28-15-16-29-24-22(11-6-14-25-24)26-23(27)13-12-19-9-5-10-21(17-19)30-18-20-7-3-2-4-8-20/h2-14,17H,15-16,18H2,1H3,(H,26,27)/b13-12+. The lowest BCUT2D eigenvalue weighted by atomic mass is 10.2. The van der Waals surface area contributed by atoms with Crippen LogP contribution >= 0.6 is 0 Å². The van der Waals surface area contributed by atoms with Gasteiger partial charge in [-0.1, -0.05) is 42.5 Å². The molecule has 0 saturated heterocycles. The van der Waals surface area contributed by atoms with Gasteiger partial charge in [0.1, 0.15) is 24.7 Å². The predicted molar refractivity (Wildman–Crippen MR) is 116 cm³/mol. The molecule has 0 fully saturated rings. The number of carbonyl (C=O) groups is 1. The lowest BCUT2D eigenvalue weighted by Gasteiger charge is -2.10. The number of hydrogen-bond acceptors (Lipinski definition) is 5. The van der Waals surface area contributed by atoms with Crippen molar-refractivity contribution in [2.24, 2.45) is 0 Å². The Kier molecular flexibility index (Phi) is 8.00. The molecule has 0 spiro atoms. The first-order valence-corrected chi connectivity index (χ1v) is 9.57. The third-order valence-electron chi connectivity index (χ3n) is 4.09. The Hall–Kier alpha value is -3.64. The Bertz CT molecular complexity index is 974. The van der Waals surface area contributed by atoms with Gasteiger partial charge in [-0.3, -0.25) is 4.79 Å². The highest BCUT2D eigenvalue weighted by molar-refractivity contribution is 6.02. The van der Waals surface area contributed by atoms with Crippen LogP contribution in [0.25, 0.3) is 6.08 Å². The number of nitrogens with one attached hydrogen (secondary N) is 1. The van der Waals surface area contributed by atoms with E-state index in [2.05, 4.69) is 10.3 Å². The van der Waals surface area contributed by atoms with E-state index < -0.39 is 0 Å². The molecule has 0 unspecified atom stereocenters. The van der Waals surface area contributed by atoms with Crippen LogP contribution in [-0.4, -0.2) is 31.2 Å². The SMILES string of the molecule is COCCOc1ncccc1NC(=O)/C=C/c1cccc(OCc2ccccc2)c1. The topological polar surface area (TPSA) is 69.7 Å². The van der Waals surface area contributed by atoms with Crippen molar-refractivity contribution in [1.82, 2.24) is 4.98 Å². The van der Waals surface area contributed by atoms with Crippen LogP contribution in [0.1, 0.15) is 11.1 Å². The maximum Gasteiger partial charge on any atom is 0.248 e. The van der Waals surface area contributed by atoms with Crippen molar-refractivity contribution < 1.29 is 19.0 Å². The number of hydrogen-bond donors (Lipinski definition) is 1. The average molecular weight is 404 g/mol. The molecule has 0 radical (unpaired) electrons. The molecule has 0 saturated carbocycles. The van der Waals surface area contributed by atoms with Gasteiger partial charge in [-0.15, -0.1) is 0 Å². The van der Waals surface area contributed by atoms with E-state index in [0.29, 0.717) is 31.4 Å². The van der Waals surface area contributed by atoms with Gasteiger partial charge in [0.2, 0.25) is 11.8 Å². The molecular formula is C24H24N2O4. The highest BCUT2D eigenvalue weighted by atomic mass is 16.5. The number of benzene rings is 2. The van der Waals surface area contributed by atoms with Crippen LogP contribution < -0.4 is 14.8 Å². The minimum Gasteiger partial charge on any atom is -0.489 e. The summed E-state index contributed by atoms with van der Waals surface area (Å²) >= 11 is 0. The maximum absolute atomic E-state index is 12.3. The second kappa shape index (κ2) is 11.4. The van der Waals surface area contributed by atoms with Gasteiger partial charge in [0.25, 0.3) is 0 Å². The lowest BCUT2D eigenvalue weighted by Crippen LogP contribution is -2.12. The highest BCUT2D eigenvalue weighted by Crippen LogP contribution is 2.21. The number of ether oxygens (including phenoxy) is 3. The summed E-state index contributed by atoms with van der Waals surface area (Å²) in [6, 6.07) is 21.0. The van der Waals surface area contributed by atoms with Crippen molar-refractivity contribution in [1.29, 1.82) is 0 Å². The molecule has 6 heteroatoms. The Balaban J connectivity index is 1.57. The fraction of sp³-hybridized carbons (Fsp3) is 0.167. The number of carbonyl (C=O) groups excluding carboxylic acids is 1. The van der Waals surface area contributed by atoms with Gasteiger partial charge in [0, 0.05) is 19.4 Å². The van der Waals surface area contributed by atoms with Gasteiger partial charge in [-0.2, -0.15) is 0 Å². The van der Waals surface area contributed by atoms with Crippen LogP contribution in [0, 0.1) is 0 Å². The average Bonchev–Trinajstić information content (AvgIpc) is 2.79. The van der Waals surface area contributed by atoms with Crippen molar-refractivity contribution in [3.63, 3.8) is 0 Å². The molecule has 3 aromatic rings. The summed E-state index contributed by atoms with van der Waals surface area (Å²) in [6.07, 6.45) is 4.79. The molecule has 2 aromatic carbocycles. The van der Waals surface area contributed by atoms with Crippen molar-refractivity contribution in [2.45, 2.75) is 6.61 Å². The van der Waals surface area contributed by atoms with Gasteiger partial charge < -0.3 is 19.5 Å². The Labute approximate surface area is 176 Å². The second-order valence-corrected chi connectivity index (χ2v) is 6.37. The van der Waals surface area contributed by atoms with E-state index in [-0.39, 0.29) is 5.91 Å². The molecule has 1 N–H and O–H groups in total. The number of methoxy groups -OCH3 is 1. The number of amides is 1. The summed E-state index contributed by atoms with van der Waals surface area (Å²) in [5, 5.41) is 2.78. The van der Waals surface area contributed by atoms with Crippen molar-refractivity contribution in [3.8, 4) is 11.6 Å². The quantitative estimate of drug-likeness (QED) is 0.402. The van der Waals surface area contributed by atoms with Gasteiger partial charge >= 0.3 is 0 Å². The third kappa shape index (κ3) is 6.76. The Morgan fingerprint density at radius 1 is 1.00 bits per heavy atom. The van der Waals surface area contributed by atoms with E-state index in [1.165, 1.54) is 6.08 Å². The van der Waals surface area contributed by atoms with Crippen LogP contribution in [0.15, 0.2) is 79.0 Å². The van der Waals surface area contributed by atoms with Gasteiger partial charge in [-0.05, 0) is 41.5 Å². The van der Waals surface area contributed by atoms with Crippen LogP contribution in [0.4, 0.5) is 5.69 Å². The van der Waals surface area contributed by atoms with Gasteiger partial charge in [0.15, 0.2) is 0 Å². The zero-order valence-electron chi connectivity index (χ0n) is 16.8. The molecule has 0 bridgehead atoms. The zero-order valence-corrected chi connectivity index (χ0v) is 16.8. The molecule has 0 atom stereocenters. The fourth-order valence-electron chi connectivity index (χ4n) is 2.62. The lowest BCUT2D eigenvalue weighted by molar-refractivity contribution is -0.111. The van der Waals surface area contributed by atoms with E-state index in [9.17, 15) is 4.79 Å².